The van der Waals surface area contributed by atoms with E-state index in [1.165, 1.54) is 18.2 Å². The molecule has 3 aromatic carbocycles. The van der Waals surface area contributed by atoms with E-state index in [9.17, 15) is 14.4 Å². The monoisotopic (exact) mass is 542 g/mol. The van der Waals surface area contributed by atoms with Crippen molar-refractivity contribution in [2.75, 3.05) is 7.11 Å². The van der Waals surface area contributed by atoms with Crippen LogP contribution in [0.4, 0.5) is 4.39 Å². The predicted octanol–water partition coefficient (Wildman–Crippen LogP) is 5.24. The number of rotatable bonds is 8. The fourth-order valence-corrected chi connectivity index (χ4v) is 3.54. The Morgan fingerprint density at radius 3 is 2.56 bits per heavy atom. The van der Waals surface area contributed by atoms with Gasteiger partial charge >= 0.3 is 0 Å². The minimum Gasteiger partial charge on any atom is -0.497 e. The van der Waals surface area contributed by atoms with Gasteiger partial charge in [-0.1, -0.05) is 30.3 Å². The van der Waals surface area contributed by atoms with Crippen molar-refractivity contribution in [3.63, 3.8) is 0 Å². The summed E-state index contributed by atoms with van der Waals surface area (Å²) in [6, 6.07) is 20.8. The molecule has 0 saturated carbocycles. The Bertz CT molecular complexity index is 1170. The van der Waals surface area contributed by atoms with E-state index in [0.717, 1.165) is 20.4 Å². The summed E-state index contributed by atoms with van der Waals surface area (Å²) in [5, 5.41) is 12.2. The molecule has 5 nitrogen and oxygen atoms in total. The Kier molecular flexibility index (Phi) is 8.22. The molecule has 0 saturated heterocycles. The lowest BCUT2D eigenvalue weighted by Gasteiger charge is -2.09. The first-order chi connectivity index (χ1) is 15.5. The third kappa shape index (κ3) is 6.56. The summed E-state index contributed by atoms with van der Waals surface area (Å²) in [5.74, 6) is 0.602. The molecule has 0 aliphatic carbocycles. The van der Waals surface area contributed by atoms with E-state index in [0.29, 0.717) is 17.9 Å². The summed E-state index contributed by atoms with van der Waals surface area (Å²) in [7, 11) is 1.59. The highest BCUT2D eigenvalue weighted by Crippen LogP contribution is 2.24. The van der Waals surface area contributed by atoms with Crippen LogP contribution in [-0.2, 0) is 17.9 Å². The smallest absolute Gasteiger partial charge is 0.262 e. The Balaban J connectivity index is 1.63. The summed E-state index contributed by atoms with van der Waals surface area (Å²) in [6.45, 7) is 0.534. The van der Waals surface area contributed by atoms with Gasteiger partial charge in [0.2, 0.25) is 0 Å². The summed E-state index contributed by atoms with van der Waals surface area (Å²) in [5.41, 5.74) is 2.32. The lowest BCUT2D eigenvalue weighted by molar-refractivity contribution is -0.117. The van der Waals surface area contributed by atoms with E-state index in [4.69, 9.17) is 9.47 Å². The van der Waals surface area contributed by atoms with Crippen molar-refractivity contribution >= 4 is 34.6 Å². The van der Waals surface area contributed by atoms with Gasteiger partial charge < -0.3 is 14.8 Å². The van der Waals surface area contributed by atoms with Crippen LogP contribution < -0.4 is 14.8 Å². The number of halogens is 2. The number of hydrogen-bond donors (Lipinski definition) is 1. The summed E-state index contributed by atoms with van der Waals surface area (Å²) < 4.78 is 25.0. The number of ether oxygens (including phenoxy) is 2. The molecule has 3 rings (SSSR count). The topological polar surface area (TPSA) is 71.3 Å². The maximum absolute atomic E-state index is 13.3. The van der Waals surface area contributed by atoms with E-state index in [-0.39, 0.29) is 18.0 Å². The maximum Gasteiger partial charge on any atom is 0.262 e. The van der Waals surface area contributed by atoms with Crippen LogP contribution in [0.15, 0.2) is 72.3 Å². The highest BCUT2D eigenvalue weighted by Gasteiger charge is 2.10. The Morgan fingerprint density at radius 1 is 1.12 bits per heavy atom. The first kappa shape index (κ1) is 23.3. The molecule has 3 aromatic rings. The van der Waals surface area contributed by atoms with Gasteiger partial charge in [-0.15, -0.1) is 0 Å². The number of carbonyl (C=O) groups excluding carboxylic acids is 1. The number of amides is 1. The van der Waals surface area contributed by atoms with Gasteiger partial charge in [0.1, 0.15) is 35.6 Å². The number of benzene rings is 3. The Labute approximate surface area is 199 Å². The van der Waals surface area contributed by atoms with Crippen LogP contribution >= 0.6 is 22.6 Å². The highest BCUT2D eigenvalue weighted by atomic mass is 127. The predicted molar refractivity (Wildman–Crippen MR) is 128 cm³/mol. The number of carbonyl (C=O) groups is 1. The molecule has 0 fully saturated rings. The van der Waals surface area contributed by atoms with E-state index in [1.807, 2.05) is 36.4 Å². The fraction of sp³-hybridized carbons (Fsp3) is 0.120. The zero-order valence-electron chi connectivity index (χ0n) is 17.3. The van der Waals surface area contributed by atoms with E-state index < -0.39 is 5.91 Å². The van der Waals surface area contributed by atoms with E-state index in [2.05, 4.69) is 27.9 Å². The zero-order valence-corrected chi connectivity index (χ0v) is 19.4. The molecule has 0 aliphatic rings. The molecular weight excluding hydrogens is 522 g/mol. The largest absolute Gasteiger partial charge is 0.497 e. The van der Waals surface area contributed by atoms with Crippen molar-refractivity contribution in [3.8, 4) is 17.6 Å². The molecule has 7 heteroatoms. The lowest BCUT2D eigenvalue weighted by atomic mass is 10.1. The first-order valence-electron chi connectivity index (χ1n) is 9.68. The number of nitrogens with one attached hydrogen (secondary N) is 1. The normalized spacial score (nSPS) is 10.9. The van der Waals surface area contributed by atoms with Crippen LogP contribution in [0, 0.1) is 20.7 Å². The number of hydrogen-bond acceptors (Lipinski definition) is 4. The van der Waals surface area contributed by atoms with Crippen molar-refractivity contribution in [1.29, 1.82) is 5.26 Å². The second kappa shape index (κ2) is 11.3. The van der Waals surface area contributed by atoms with Crippen LogP contribution in [0.2, 0.25) is 0 Å². The summed E-state index contributed by atoms with van der Waals surface area (Å²) in [4.78, 5) is 12.4. The molecule has 0 radical (unpaired) electrons. The highest BCUT2D eigenvalue weighted by molar-refractivity contribution is 14.1. The molecule has 0 bridgehead atoms. The Morgan fingerprint density at radius 2 is 1.91 bits per heavy atom. The molecule has 0 atom stereocenters. The third-order valence-corrected chi connectivity index (χ3v) is 5.37. The van der Waals surface area contributed by atoms with Gasteiger partial charge in [-0.2, -0.15) is 5.26 Å². The van der Waals surface area contributed by atoms with Gasteiger partial charge in [-0.25, -0.2) is 4.39 Å². The van der Waals surface area contributed by atoms with Crippen LogP contribution in [0.3, 0.4) is 0 Å². The standard InChI is InChI=1S/C25H20FIN2O3/c1-31-22-8-5-17(6-9-22)15-29-25(30)20(14-28)11-18-7-10-24(23(27)13-18)32-16-19-3-2-4-21(26)12-19/h2-13H,15-16H2,1H3,(H,29,30)/b20-11-. The quantitative estimate of drug-likeness (QED) is 0.240. The molecule has 0 aliphatic heterocycles. The second-order valence-electron chi connectivity index (χ2n) is 6.81. The van der Waals surface area contributed by atoms with Crippen molar-refractivity contribution in [2.45, 2.75) is 13.2 Å². The number of nitriles is 1. The molecule has 0 heterocycles. The fourth-order valence-electron chi connectivity index (χ4n) is 2.85. The minimum atomic E-state index is -0.454. The maximum atomic E-state index is 13.3. The lowest BCUT2D eigenvalue weighted by Crippen LogP contribution is -2.23. The van der Waals surface area contributed by atoms with Gasteiger partial charge in [-0.3, -0.25) is 4.79 Å². The van der Waals surface area contributed by atoms with Crippen LogP contribution in [0.5, 0.6) is 11.5 Å². The van der Waals surface area contributed by atoms with Gasteiger partial charge in [0.15, 0.2) is 0 Å². The minimum absolute atomic E-state index is 0.00254. The molecule has 1 N–H and O–H groups in total. The molecule has 0 aromatic heterocycles. The van der Waals surface area contributed by atoms with Gasteiger partial charge in [0.05, 0.1) is 10.7 Å². The molecule has 1 amide bonds. The zero-order chi connectivity index (χ0) is 22.9. The average molecular weight is 542 g/mol. The molecular formula is C25H20FIN2O3. The third-order valence-electron chi connectivity index (χ3n) is 4.53. The van der Waals surface area contributed by atoms with Crippen molar-refractivity contribution in [1.82, 2.24) is 5.32 Å². The Hall–Kier alpha value is -3.38. The van der Waals surface area contributed by atoms with Crippen LogP contribution in [0.25, 0.3) is 6.08 Å². The molecule has 162 valence electrons. The molecule has 0 spiro atoms. The number of methoxy groups -OCH3 is 1. The van der Waals surface area contributed by atoms with Crippen LogP contribution in [0.1, 0.15) is 16.7 Å². The summed E-state index contributed by atoms with van der Waals surface area (Å²) >= 11 is 2.12. The first-order valence-corrected chi connectivity index (χ1v) is 10.8. The SMILES string of the molecule is COc1ccc(CNC(=O)/C(C#N)=C\c2ccc(OCc3cccc(F)c3)c(I)c2)cc1. The van der Waals surface area contributed by atoms with Gasteiger partial charge in [0.25, 0.3) is 5.91 Å². The summed E-state index contributed by atoms with van der Waals surface area (Å²) in [6.07, 6.45) is 1.53. The van der Waals surface area contributed by atoms with Crippen LogP contribution in [-0.4, -0.2) is 13.0 Å². The van der Waals surface area contributed by atoms with E-state index >= 15 is 0 Å². The van der Waals surface area contributed by atoms with Crippen molar-refractivity contribution in [3.05, 3.63) is 98.4 Å². The molecule has 0 unspecified atom stereocenters. The van der Waals surface area contributed by atoms with Gasteiger partial charge in [-0.05, 0) is 81.8 Å². The second-order valence-corrected chi connectivity index (χ2v) is 7.97. The van der Waals surface area contributed by atoms with Crippen molar-refractivity contribution < 1.29 is 18.7 Å². The average Bonchev–Trinajstić information content (AvgIpc) is 2.80. The van der Waals surface area contributed by atoms with E-state index in [1.54, 1.807) is 31.4 Å². The van der Waals surface area contributed by atoms with Gasteiger partial charge in [0, 0.05) is 6.54 Å². The molecule has 32 heavy (non-hydrogen) atoms. The number of nitrogens with zero attached hydrogens (tertiary/aromatic N) is 1. The van der Waals surface area contributed by atoms with Crippen molar-refractivity contribution in [2.24, 2.45) is 0 Å².